The van der Waals surface area contributed by atoms with Crippen LogP contribution in [0.15, 0.2) is 6.20 Å². The van der Waals surface area contributed by atoms with Gasteiger partial charge in [0.15, 0.2) is 12.0 Å². The van der Waals surface area contributed by atoms with E-state index in [1.54, 1.807) is 13.1 Å². The highest BCUT2D eigenvalue weighted by Gasteiger charge is 2.24. The van der Waals surface area contributed by atoms with Crippen LogP contribution < -0.4 is 15.0 Å². The molecule has 1 aliphatic rings. The number of aliphatic hydroxyl groups is 1. The van der Waals surface area contributed by atoms with E-state index in [1.807, 2.05) is 20.8 Å². The summed E-state index contributed by atoms with van der Waals surface area (Å²) >= 11 is 0. The number of nitrogens with one attached hydrogen (secondary N) is 1. The maximum absolute atomic E-state index is 9.91. The molecule has 7 nitrogen and oxygen atoms in total. The zero-order valence-corrected chi connectivity index (χ0v) is 13.7. The number of ether oxygens (including phenoxy) is 2. The molecular weight excluding hydrogens is 284 g/mol. The molecule has 1 aromatic rings. The molecule has 0 aromatic carbocycles. The third-order valence-corrected chi connectivity index (χ3v) is 3.33. The Bertz CT molecular complexity index is 476. The van der Waals surface area contributed by atoms with E-state index in [0.29, 0.717) is 24.9 Å². The summed E-state index contributed by atoms with van der Waals surface area (Å²) in [6, 6.07) is 0.185. The average molecular weight is 310 g/mol. The first-order valence-corrected chi connectivity index (χ1v) is 7.74. The fourth-order valence-electron chi connectivity index (χ4n) is 2.24. The van der Waals surface area contributed by atoms with Crippen molar-refractivity contribution in [2.24, 2.45) is 0 Å². The first kappa shape index (κ1) is 16.9. The first-order valence-electron chi connectivity index (χ1n) is 7.74. The highest BCUT2D eigenvalue weighted by atomic mass is 16.5. The third kappa shape index (κ3) is 4.53. The predicted octanol–water partition coefficient (Wildman–Crippen LogP) is 0.705. The SMILES string of the molecule is Cc1cnc(OC(NC(C)C)C(C)O)c(N2CCOCC2)n1. The lowest BCUT2D eigenvalue weighted by Gasteiger charge is -2.30. The van der Waals surface area contributed by atoms with Gasteiger partial charge in [0.05, 0.1) is 25.1 Å². The molecule has 2 unspecified atom stereocenters. The molecule has 2 N–H and O–H groups in total. The van der Waals surface area contributed by atoms with E-state index >= 15 is 0 Å². The Labute approximate surface area is 131 Å². The topological polar surface area (TPSA) is 79.7 Å². The van der Waals surface area contributed by atoms with Crippen LogP contribution in [0.1, 0.15) is 26.5 Å². The first-order chi connectivity index (χ1) is 10.5. The molecule has 0 saturated carbocycles. The molecule has 1 saturated heterocycles. The Balaban J connectivity index is 2.21. The van der Waals surface area contributed by atoms with Gasteiger partial charge in [0.2, 0.25) is 0 Å². The number of nitrogens with zero attached hydrogens (tertiary/aromatic N) is 3. The molecule has 0 radical (unpaired) electrons. The van der Waals surface area contributed by atoms with Crippen LogP contribution in [0.2, 0.25) is 0 Å². The lowest BCUT2D eigenvalue weighted by atomic mass is 10.3. The molecule has 7 heteroatoms. The van der Waals surface area contributed by atoms with Crippen LogP contribution in [0.5, 0.6) is 5.88 Å². The van der Waals surface area contributed by atoms with Gasteiger partial charge in [0, 0.05) is 19.1 Å². The van der Waals surface area contributed by atoms with Crippen LogP contribution in [0.3, 0.4) is 0 Å². The molecule has 0 aliphatic carbocycles. The minimum absolute atomic E-state index is 0.185. The van der Waals surface area contributed by atoms with Crippen molar-refractivity contribution in [3.63, 3.8) is 0 Å². The maximum atomic E-state index is 9.91. The quantitative estimate of drug-likeness (QED) is 0.749. The molecule has 124 valence electrons. The Morgan fingerprint density at radius 3 is 2.59 bits per heavy atom. The Hall–Kier alpha value is -1.44. The largest absolute Gasteiger partial charge is 0.453 e. The van der Waals surface area contributed by atoms with Gasteiger partial charge in [0.1, 0.15) is 6.10 Å². The molecule has 22 heavy (non-hydrogen) atoms. The van der Waals surface area contributed by atoms with E-state index in [-0.39, 0.29) is 6.04 Å². The van der Waals surface area contributed by atoms with Gasteiger partial charge in [-0.05, 0) is 27.7 Å². The lowest BCUT2D eigenvalue weighted by Crippen LogP contribution is -2.47. The highest BCUT2D eigenvalue weighted by molar-refractivity contribution is 5.49. The molecule has 2 heterocycles. The van der Waals surface area contributed by atoms with Gasteiger partial charge in [-0.2, -0.15) is 0 Å². The van der Waals surface area contributed by atoms with Crippen LogP contribution in [0.25, 0.3) is 0 Å². The third-order valence-electron chi connectivity index (χ3n) is 3.33. The second kappa shape index (κ2) is 7.71. The summed E-state index contributed by atoms with van der Waals surface area (Å²) in [5.41, 5.74) is 0.833. The highest BCUT2D eigenvalue weighted by Crippen LogP contribution is 2.25. The summed E-state index contributed by atoms with van der Waals surface area (Å²) in [4.78, 5) is 11.0. The summed E-state index contributed by atoms with van der Waals surface area (Å²) in [6.07, 6.45) is 0.480. The monoisotopic (exact) mass is 310 g/mol. The molecule has 0 amide bonds. The minimum Gasteiger partial charge on any atom is -0.453 e. The average Bonchev–Trinajstić information content (AvgIpc) is 2.48. The fraction of sp³-hybridized carbons (Fsp3) is 0.733. The molecule has 1 aliphatic heterocycles. The summed E-state index contributed by atoms with van der Waals surface area (Å²) in [5.74, 6) is 1.14. The van der Waals surface area contributed by atoms with Gasteiger partial charge < -0.3 is 19.5 Å². The summed E-state index contributed by atoms with van der Waals surface area (Å²) < 4.78 is 11.3. The van der Waals surface area contributed by atoms with Crippen LogP contribution in [-0.4, -0.2) is 59.8 Å². The number of aromatic nitrogens is 2. The smallest absolute Gasteiger partial charge is 0.259 e. The molecular formula is C15H26N4O3. The maximum Gasteiger partial charge on any atom is 0.259 e. The molecule has 0 spiro atoms. The van der Waals surface area contributed by atoms with E-state index in [2.05, 4.69) is 20.2 Å². The fourth-order valence-corrected chi connectivity index (χ4v) is 2.24. The Morgan fingerprint density at radius 1 is 1.32 bits per heavy atom. The second-order valence-electron chi connectivity index (χ2n) is 5.84. The molecule has 1 aromatic heterocycles. The van der Waals surface area contributed by atoms with Gasteiger partial charge in [-0.25, -0.2) is 9.97 Å². The normalized spacial score (nSPS) is 18.4. The molecule has 1 fully saturated rings. The van der Waals surface area contributed by atoms with E-state index in [9.17, 15) is 5.11 Å². The number of morpholine rings is 1. The van der Waals surface area contributed by atoms with Crippen molar-refractivity contribution in [3.8, 4) is 5.88 Å². The summed E-state index contributed by atoms with van der Waals surface area (Å²) in [6.45, 7) is 10.4. The van der Waals surface area contributed by atoms with E-state index < -0.39 is 12.3 Å². The second-order valence-corrected chi connectivity index (χ2v) is 5.84. The van der Waals surface area contributed by atoms with Gasteiger partial charge in [-0.3, -0.25) is 5.32 Å². The van der Waals surface area contributed by atoms with Crippen molar-refractivity contribution in [1.82, 2.24) is 15.3 Å². The van der Waals surface area contributed by atoms with Crippen LogP contribution in [-0.2, 0) is 4.74 Å². The van der Waals surface area contributed by atoms with Crippen LogP contribution in [0.4, 0.5) is 5.82 Å². The van der Waals surface area contributed by atoms with Crippen molar-refractivity contribution in [1.29, 1.82) is 0 Å². The van der Waals surface area contributed by atoms with Crippen LogP contribution in [0, 0.1) is 6.92 Å². The summed E-state index contributed by atoms with van der Waals surface area (Å²) in [5, 5.41) is 13.1. The van der Waals surface area contributed by atoms with Crippen molar-refractivity contribution in [3.05, 3.63) is 11.9 Å². The number of aryl methyl sites for hydroxylation is 1. The van der Waals surface area contributed by atoms with Crippen molar-refractivity contribution in [2.45, 2.75) is 46.1 Å². The predicted molar refractivity (Wildman–Crippen MR) is 84.2 cm³/mol. The number of hydrogen-bond donors (Lipinski definition) is 2. The number of anilines is 1. The van der Waals surface area contributed by atoms with Crippen molar-refractivity contribution >= 4 is 5.82 Å². The minimum atomic E-state index is -0.664. The number of rotatable bonds is 6. The van der Waals surface area contributed by atoms with Gasteiger partial charge in [-0.15, -0.1) is 0 Å². The van der Waals surface area contributed by atoms with Gasteiger partial charge in [-0.1, -0.05) is 0 Å². The zero-order valence-electron chi connectivity index (χ0n) is 13.7. The van der Waals surface area contributed by atoms with Crippen molar-refractivity contribution < 1.29 is 14.6 Å². The standard InChI is InChI=1S/C15H26N4O3/c1-10(2)17-14(12(4)20)22-15-13(18-11(3)9-16-15)19-5-7-21-8-6-19/h9-10,12,14,17,20H,5-8H2,1-4H3. The van der Waals surface area contributed by atoms with Gasteiger partial charge >= 0.3 is 0 Å². The summed E-state index contributed by atoms with van der Waals surface area (Å²) in [7, 11) is 0. The molecule has 2 rings (SSSR count). The molecule has 2 atom stereocenters. The zero-order chi connectivity index (χ0) is 16.1. The van der Waals surface area contributed by atoms with Crippen molar-refractivity contribution in [2.75, 3.05) is 31.2 Å². The van der Waals surface area contributed by atoms with E-state index in [0.717, 1.165) is 18.8 Å². The lowest BCUT2D eigenvalue weighted by molar-refractivity contribution is 0.0188. The van der Waals surface area contributed by atoms with Gasteiger partial charge in [0.25, 0.3) is 5.88 Å². The van der Waals surface area contributed by atoms with E-state index in [1.165, 1.54) is 0 Å². The Morgan fingerprint density at radius 2 is 2.00 bits per heavy atom. The van der Waals surface area contributed by atoms with Crippen LogP contribution >= 0.6 is 0 Å². The van der Waals surface area contributed by atoms with E-state index in [4.69, 9.17) is 9.47 Å². The Kier molecular flexibility index (Phi) is 5.93. The number of aliphatic hydroxyl groups excluding tert-OH is 1. The molecule has 0 bridgehead atoms. The number of hydrogen-bond acceptors (Lipinski definition) is 7.